The summed E-state index contributed by atoms with van der Waals surface area (Å²) in [6.45, 7) is 0. The maximum atomic E-state index is 5.90. The van der Waals surface area contributed by atoms with Gasteiger partial charge in [-0.05, 0) is 46.8 Å². The summed E-state index contributed by atoms with van der Waals surface area (Å²) < 4.78 is 7.25. The molecule has 0 bridgehead atoms. The van der Waals surface area contributed by atoms with E-state index in [1.807, 2.05) is 54.6 Å². The summed E-state index contributed by atoms with van der Waals surface area (Å²) in [4.78, 5) is 4.50. The lowest BCUT2D eigenvalue weighted by atomic mass is 10.2. The first kappa shape index (κ1) is 15.9. The van der Waals surface area contributed by atoms with Gasteiger partial charge in [0.15, 0.2) is 0 Å². The smallest absolute Gasteiger partial charge is 0.226 e. The van der Waals surface area contributed by atoms with Crippen LogP contribution in [-0.4, -0.2) is 25.2 Å². The van der Waals surface area contributed by atoms with E-state index in [1.54, 1.807) is 10.9 Å². The van der Waals surface area contributed by atoms with E-state index >= 15 is 0 Å². The molecule has 0 N–H and O–H groups in total. The molecule has 0 amide bonds. The van der Waals surface area contributed by atoms with Crippen LogP contribution in [0.5, 0.6) is 0 Å². The van der Waals surface area contributed by atoms with Gasteiger partial charge in [-0.3, -0.25) is 0 Å². The molecular formula is C17H12ClN5OS. The number of para-hydroxylation sites is 1. The van der Waals surface area contributed by atoms with Crippen LogP contribution in [0.25, 0.3) is 17.1 Å². The van der Waals surface area contributed by atoms with Gasteiger partial charge in [0, 0.05) is 16.3 Å². The molecule has 6 nitrogen and oxygen atoms in total. The lowest BCUT2D eigenvalue weighted by Gasteiger charge is -2.02. The van der Waals surface area contributed by atoms with Crippen LogP contribution >= 0.6 is 23.4 Å². The molecule has 0 fully saturated rings. The summed E-state index contributed by atoms with van der Waals surface area (Å²) >= 11 is 7.40. The highest BCUT2D eigenvalue weighted by atomic mass is 35.5. The number of oxazole rings is 1. The van der Waals surface area contributed by atoms with Gasteiger partial charge in [-0.2, -0.15) is 4.68 Å². The molecule has 4 rings (SSSR count). The topological polar surface area (TPSA) is 69.6 Å². The third-order valence-electron chi connectivity index (χ3n) is 3.43. The van der Waals surface area contributed by atoms with E-state index in [0.29, 0.717) is 21.8 Å². The molecule has 2 heterocycles. The zero-order valence-electron chi connectivity index (χ0n) is 12.9. The van der Waals surface area contributed by atoms with E-state index in [0.717, 1.165) is 16.9 Å². The Morgan fingerprint density at radius 3 is 2.64 bits per heavy atom. The zero-order chi connectivity index (χ0) is 17.1. The van der Waals surface area contributed by atoms with E-state index in [1.165, 1.54) is 11.8 Å². The fourth-order valence-electron chi connectivity index (χ4n) is 2.24. The molecule has 4 aromatic rings. The van der Waals surface area contributed by atoms with Gasteiger partial charge in [-0.25, -0.2) is 4.98 Å². The molecule has 2 aromatic heterocycles. The van der Waals surface area contributed by atoms with Crippen LogP contribution in [0.15, 0.2) is 70.4 Å². The predicted octanol–water partition coefficient (Wildman–Crippen LogP) is 4.26. The number of hydrogen-bond acceptors (Lipinski definition) is 6. The standard InChI is InChI=1S/C17H12ClN5OS/c18-13-8-6-12(7-9-13)16-19-14(10-24-16)11-25-17-20-21-22-23(17)15-4-2-1-3-5-15/h1-10H,11H2. The van der Waals surface area contributed by atoms with Crippen LogP contribution in [0.3, 0.4) is 0 Å². The van der Waals surface area contributed by atoms with Crippen molar-refractivity contribution in [2.75, 3.05) is 0 Å². The van der Waals surface area contributed by atoms with Gasteiger partial charge in [-0.15, -0.1) is 5.10 Å². The maximum absolute atomic E-state index is 5.90. The first-order chi connectivity index (χ1) is 12.3. The Morgan fingerprint density at radius 2 is 1.84 bits per heavy atom. The summed E-state index contributed by atoms with van der Waals surface area (Å²) in [5, 5.41) is 13.2. The molecule has 0 saturated carbocycles. The number of thioether (sulfide) groups is 1. The van der Waals surface area contributed by atoms with Gasteiger partial charge in [0.25, 0.3) is 0 Å². The van der Waals surface area contributed by atoms with Gasteiger partial charge in [0.05, 0.1) is 11.4 Å². The monoisotopic (exact) mass is 369 g/mol. The van der Waals surface area contributed by atoms with Crippen LogP contribution in [-0.2, 0) is 5.75 Å². The minimum Gasteiger partial charge on any atom is -0.444 e. The Hall–Kier alpha value is -2.64. The molecule has 8 heteroatoms. The molecule has 0 spiro atoms. The largest absolute Gasteiger partial charge is 0.444 e. The molecule has 0 unspecified atom stereocenters. The lowest BCUT2D eigenvalue weighted by Crippen LogP contribution is -1.98. The first-order valence-corrected chi connectivity index (χ1v) is 8.83. The van der Waals surface area contributed by atoms with Crippen molar-refractivity contribution in [3.05, 3.63) is 71.6 Å². The van der Waals surface area contributed by atoms with Gasteiger partial charge in [0.2, 0.25) is 11.0 Å². The summed E-state index contributed by atoms with van der Waals surface area (Å²) in [5.41, 5.74) is 2.62. The number of nitrogens with zero attached hydrogens (tertiary/aromatic N) is 5. The molecule has 0 aliphatic rings. The molecule has 124 valence electrons. The maximum Gasteiger partial charge on any atom is 0.226 e. The number of tetrazole rings is 1. The fraction of sp³-hybridized carbons (Fsp3) is 0.0588. The van der Waals surface area contributed by atoms with E-state index in [2.05, 4.69) is 20.5 Å². The Labute approximate surface area is 152 Å². The molecule has 0 aliphatic heterocycles. The number of hydrogen-bond donors (Lipinski definition) is 0. The van der Waals surface area contributed by atoms with E-state index < -0.39 is 0 Å². The highest BCUT2D eigenvalue weighted by Crippen LogP contribution is 2.25. The predicted molar refractivity (Wildman–Crippen MR) is 95.7 cm³/mol. The molecule has 25 heavy (non-hydrogen) atoms. The normalized spacial score (nSPS) is 10.9. The molecular weight excluding hydrogens is 358 g/mol. The molecule has 0 aliphatic carbocycles. The number of rotatable bonds is 5. The van der Waals surface area contributed by atoms with Crippen LogP contribution in [0.2, 0.25) is 5.02 Å². The third-order valence-corrected chi connectivity index (χ3v) is 4.64. The zero-order valence-corrected chi connectivity index (χ0v) is 14.5. The minimum atomic E-state index is 0.565. The second-order valence-electron chi connectivity index (χ2n) is 5.15. The first-order valence-electron chi connectivity index (χ1n) is 7.46. The van der Waals surface area contributed by atoms with Crippen molar-refractivity contribution >= 4 is 23.4 Å². The average Bonchev–Trinajstić information content (AvgIpc) is 3.31. The molecule has 0 saturated heterocycles. The van der Waals surface area contributed by atoms with Crippen LogP contribution in [0.4, 0.5) is 0 Å². The van der Waals surface area contributed by atoms with Gasteiger partial charge in [0.1, 0.15) is 6.26 Å². The highest BCUT2D eigenvalue weighted by Gasteiger charge is 2.12. The number of benzene rings is 2. The van der Waals surface area contributed by atoms with E-state index in [4.69, 9.17) is 16.0 Å². The van der Waals surface area contributed by atoms with Gasteiger partial charge >= 0.3 is 0 Å². The quantitative estimate of drug-likeness (QED) is 0.489. The third kappa shape index (κ3) is 3.57. The van der Waals surface area contributed by atoms with Gasteiger partial charge < -0.3 is 4.42 Å². The minimum absolute atomic E-state index is 0.565. The van der Waals surface area contributed by atoms with E-state index in [9.17, 15) is 0 Å². The fourth-order valence-corrected chi connectivity index (χ4v) is 3.13. The van der Waals surface area contributed by atoms with Gasteiger partial charge in [-0.1, -0.05) is 41.6 Å². The summed E-state index contributed by atoms with van der Waals surface area (Å²) in [6, 6.07) is 17.1. The number of aromatic nitrogens is 5. The summed E-state index contributed by atoms with van der Waals surface area (Å²) in [5.74, 6) is 1.17. The highest BCUT2D eigenvalue weighted by molar-refractivity contribution is 7.98. The Bertz CT molecular complexity index is 968. The second-order valence-corrected chi connectivity index (χ2v) is 6.53. The molecule has 0 atom stereocenters. The van der Waals surface area contributed by atoms with Crippen molar-refractivity contribution in [2.45, 2.75) is 10.9 Å². The van der Waals surface area contributed by atoms with Crippen molar-refractivity contribution in [1.82, 2.24) is 25.2 Å². The number of halogens is 1. The van der Waals surface area contributed by atoms with Crippen molar-refractivity contribution in [3.8, 4) is 17.1 Å². The van der Waals surface area contributed by atoms with Crippen LogP contribution < -0.4 is 0 Å². The molecule has 2 aromatic carbocycles. The summed E-state index contributed by atoms with van der Waals surface area (Å²) in [7, 11) is 0. The van der Waals surface area contributed by atoms with E-state index in [-0.39, 0.29) is 0 Å². The summed E-state index contributed by atoms with van der Waals surface area (Å²) in [6.07, 6.45) is 1.65. The SMILES string of the molecule is Clc1ccc(-c2nc(CSc3nnnn3-c3ccccc3)co2)cc1. The Morgan fingerprint density at radius 1 is 1.04 bits per heavy atom. The van der Waals surface area contributed by atoms with Crippen LogP contribution in [0, 0.1) is 0 Å². The Kier molecular flexibility index (Phi) is 4.49. The lowest BCUT2D eigenvalue weighted by molar-refractivity contribution is 0.573. The Balaban J connectivity index is 1.48. The average molecular weight is 370 g/mol. The van der Waals surface area contributed by atoms with Crippen LogP contribution in [0.1, 0.15) is 5.69 Å². The molecule has 0 radical (unpaired) electrons. The van der Waals surface area contributed by atoms with Crippen molar-refractivity contribution in [2.24, 2.45) is 0 Å². The van der Waals surface area contributed by atoms with Crippen molar-refractivity contribution < 1.29 is 4.42 Å². The second kappa shape index (κ2) is 7.08. The van der Waals surface area contributed by atoms with Crippen molar-refractivity contribution in [1.29, 1.82) is 0 Å². The van der Waals surface area contributed by atoms with Crippen molar-refractivity contribution in [3.63, 3.8) is 0 Å².